The van der Waals surface area contributed by atoms with Crippen LogP contribution in [-0.4, -0.2) is 20.5 Å². The lowest BCUT2D eigenvalue weighted by molar-refractivity contribution is 0.397. The van der Waals surface area contributed by atoms with Crippen LogP contribution in [-0.2, 0) is 23.0 Å². The third-order valence-corrected chi connectivity index (χ3v) is 5.37. The number of ether oxygens (including phenoxy) is 1. The Kier molecular flexibility index (Phi) is 4.45. The maximum Gasteiger partial charge on any atom is 0.237 e. The van der Waals surface area contributed by atoms with Crippen LogP contribution in [0, 0.1) is 0 Å². The number of hydrogen-bond donors (Lipinski definition) is 1. The Balaban J connectivity index is 1.73. The van der Waals surface area contributed by atoms with E-state index in [1.165, 1.54) is 12.7 Å². The van der Waals surface area contributed by atoms with Crippen LogP contribution in [0.5, 0.6) is 5.88 Å². The van der Waals surface area contributed by atoms with Crippen LogP contribution < -0.4 is 9.46 Å². The van der Waals surface area contributed by atoms with Gasteiger partial charge in [-0.3, -0.25) is 0 Å². The van der Waals surface area contributed by atoms with Gasteiger partial charge in [-0.15, -0.1) is 0 Å². The highest BCUT2D eigenvalue weighted by Crippen LogP contribution is 2.26. The summed E-state index contributed by atoms with van der Waals surface area (Å²) in [5, 5.41) is 0. The molecule has 0 saturated carbocycles. The van der Waals surface area contributed by atoms with E-state index < -0.39 is 10.0 Å². The molecule has 0 radical (unpaired) electrons. The number of hydrogen-bond acceptors (Lipinski definition) is 4. The van der Waals surface area contributed by atoms with Gasteiger partial charge in [-0.25, -0.2) is 18.1 Å². The van der Waals surface area contributed by atoms with E-state index in [-0.39, 0.29) is 6.54 Å². The summed E-state index contributed by atoms with van der Waals surface area (Å²) in [5.41, 5.74) is 2.95. The van der Waals surface area contributed by atoms with Crippen molar-refractivity contribution < 1.29 is 13.2 Å². The van der Waals surface area contributed by atoms with Gasteiger partial charge in [0.2, 0.25) is 15.9 Å². The van der Waals surface area contributed by atoms with E-state index in [2.05, 4.69) is 9.71 Å². The Morgan fingerprint density at radius 3 is 2.74 bits per heavy atom. The molecule has 0 atom stereocenters. The highest BCUT2D eigenvalue weighted by atomic mass is 32.2. The fourth-order valence-corrected chi connectivity index (χ4v) is 3.72. The molecule has 1 heterocycles. The molecule has 2 aromatic rings. The SMILES string of the molecule is COc1ccc(CNS(=O)(=O)C2=Cc3ccccc3CC2)cn1. The Morgan fingerprint density at radius 2 is 2.00 bits per heavy atom. The molecule has 5 nitrogen and oxygen atoms in total. The summed E-state index contributed by atoms with van der Waals surface area (Å²) in [6.07, 6.45) is 4.62. The minimum Gasteiger partial charge on any atom is -0.481 e. The highest BCUT2D eigenvalue weighted by Gasteiger charge is 2.21. The van der Waals surface area contributed by atoms with Gasteiger partial charge in [0.25, 0.3) is 0 Å². The number of fused-ring (bicyclic) bond motifs is 1. The molecule has 0 amide bonds. The summed E-state index contributed by atoms with van der Waals surface area (Å²) in [4.78, 5) is 4.50. The van der Waals surface area contributed by atoms with Crippen LogP contribution in [0.1, 0.15) is 23.1 Å². The normalized spacial score (nSPS) is 14.0. The molecule has 120 valence electrons. The quantitative estimate of drug-likeness (QED) is 0.914. The van der Waals surface area contributed by atoms with Gasteiger partial charge in [-0.1, -0.05) is 30.3 Å². The molecule has 0 saturated heterocycles. The maximum absolute atomic E-state index is 12.5. The molecule has 1 aromatic carbocycles. The summed E-state index contributed by atoms with van der Waals surface area (Å²) in [6, 6.07) is 11.4. The maximum atomic E-state index is 12.5. The Bertz CT molecular complexity index is 827. The Morgan fingerprint density at radius 1 is 1.17 bits per heavy atom. The monoisotopic (exact) mass is 330 g/mol. The largest absolute Gasteiger partial charge is 0.481 e. The van der Waals surface area contributed by atoms with Crippen LogP contribution in [0.2, 0.25) is 0 Å². The van der Waals surface area contributed by atoms with E-state index in [1.807, 2.05) is 24.3 Å². The first-order chi connectivity index (χ1) is 11.1. The van der Waals surface area contributed by atoms with E-state index in [4.69, 9.17) is 4.74 Å². The lowest BCUT2D eigenvalue weighted by Gasteiger charge is -2.17. The first-order valence-electron chi connectivity index (χ1n) is 7.35. The van der Waals surface area contributed by atoms with E-state index in [0.29, 0.717) is 17.2 Å². The second-order valence-corrected chi connectivity index (χ2v) is 7.16. The van der Waals surface area contributed by atoms with Crippen molar-refractivity contribution in [1.29, 1.82) is 0 Å². The van der Waals surface area contributed by atoms with Crippen molar-refractivity contribution in [2.75, 3.05) is 7.11 Å². The molecule has 0 fully saturated rings. The number of benzene rings is 1. The van der Waals surface area contributed by atoms with Crippen molar-refractivity contribution in [3.63, 3.8) is 0 Å². The van der Waals surface area contributed by atoms with Crippen molar-refractivity contribution >= 4 is 16.1 Å². The van der Waals surface area contributed by atoms with E-state index in [0.717, 1.165) is 17.5 Å². The average Bonchev–Trinajstić information content (AvgIpc) is 2.60. The van der Waals surface area contributed by atoms with E-state index >= 15 is 0 Å². The summed E-state index contributed by atoms with van der Waals surface area (Å²) >= 11 is 0. The molecule has 0 spiro atoms. The second-order valence-electron chi connectivity index (χ2n) is 5.34. The van der Waals surface area contributed by atoms with E-state index in [9.17, 15) is 8.42 Å². The minimum absolute atomic E-state index is 0.207. The molecule has 6 heteroatoms. The van der Waals surface area contributed by atoms with Crippen LogP contribution in [0.3, 0.4) is 0 Å². The number of pyridine rings is 1. The van der Waals surface area contributed by atoms with Gasteiger partial charge in [0, 0.05) is 18.8 Å². The first-order valence-corrected chi connectivity index (χ1v) is 8.84. The highest BCUT2D eigenvalue weighted by molar-refractivity contribution is 7.93. The molecular formula is C17H18N2O3S. The van der Waals surface area contributed by atoms with Gasteiger partial charge in [0.05, 0.1) is 12.0 Å². The standard InChI is InChI=1S/C17H18N2O3S/c1-22-17-9-6-13(11-18-17)12-19-23(20,21)16-8-7-14-4-2-3-5-15(14)10-16/h2-6,9-11,19H,7-8,12H2,1H3. The number of sulfonamides is 1. The van der Waals surface area contributed by atoms with Crippen LogP contribution in [0.25, 0.3) is 6.08 Å². The summed E-state index contributed by atoms with van der Waals surface area (Å²) in [5.74, 6) is 0.503. The zero-order valence-corrected chi connectivity index (χ0v) is 13.6. The van der Waals surface area contributed by atoms with E-state index in [1.54, 1.807) is 24.4 Å². The predicted octanol–water partition coefficient (Wildman–Crippen LogP) is 2.50. The van der Waals surface area contributed by atoms with Crippen molar-refractivity contribution in [1.82, 2.24) is 9.71 Å². The van der Waals surface area contributed by atoms with Crippen molar-refractivity contribution in [3.8, 4) is 5.88 Å². The summed E-state index contributed by atoms with van der Waals surface area (Å²) < 4.78 is 32.6. The molecule has 0 bridgehead atoms. The smallest absolute Gasteiger partial charge is 0.237 e. The summed E-state index contributed by atoms with van der Waals surface area (Å²) in [7, 11) is -1.95. The molecule has 1 aliphatic rings. The van der Waals surface area contributed by atoms with Crippen LogP contribution >= 0.6 is 0 Å². The first kappa shape index (κ1) is 15.7. The number of rotatable bonds is 5. The molecular weight excluding hydrogens is 312 g/mol. The zero-order valence-electron chi connectivity index (χ0n) is 12.8. The molecule has 0 unspecified atom stereocenters. The molecule has 3 rings (SSSR count). The molecule has 1 aliphatic carbocycles. The minimum atomic E-state index is -3.49. The van der Waals surface area contributed by atoms with Crippen LogP contribution in [0.15, 0.2) is 47.5 Å². The zero-order chi connectivity index (χ0) is 16.3. The number of allylic oxidation sites excluding steroid dienone is 1. The number of nitrogens with one attached hydrogen (secondary N) is 1. The number of aromatic nitrogens is 1. The Hall–Kier alpha value is -2.18. The molecule has 0 aliphatic heterocycles. The second kappa shape index (κ2) is 6.52. The van der Waals surface area contributed by atoms with Crippen molar-refractivity contribution in [2.45, 2.75) is 19.4 Å². The van der Waals surface area contributed by atoms with Gasteiger partial charge in [0.1, 0.15) is 0 Å². The molecule has 23 heavy (non-hydrogen) atoms. The lowest BCUT2D eigenvalue weighted by atomic mass is 9.98. The number of methoxy groups -OCH3 is 1. The van der Waals surface area contributed by atoms with Gasteiger partial charge in [0.15, 0.2) is 0 Å². The van der Waals surface area contributed by atoms with Gasteiger partial charge in [-0.05, 0) is 35.6 Å². The third-order valence-electron chi connectivity index (χ3n) is 3.83. The molecule has 1 aromatic heterocycles. The number of nitrogens with zero attached hydrogens (tertiary/aromatic N) is 1. The van der Waals surface area contributed by atoms with Crippen LogP contribution in [0.4, 0.5) is 0 Å². The van der Waals surface area contributed by atoms with Crippen molar-refractivity contribution in [2.24, 2.45) is 0 Å². The average molecular weight is 330 g/mol. The van der Waals surface area contributed by atoms with Gasteiger partial charge in [-0.2, -0.15) is 0 Å². The summed E-state index contributed by atoms with van der Waals surface area (Å²) in [6.45, 7) is 0.207. The molecule has 1 N–H and O–H groups in total. The Labute approximate surface area is 136 Å². The van der Waals surface area contributed by atoms with Crippen molar-refractivity contribution in [3.05, 3.63) is 64.2 Å². The number of aryl methyl sites for hydroxylation is 1. The van der Waals surface area contributed by atoms with Gasteiger partial charge < -0.3 is 4.74 Å². The topological polar surface area (TPSA) is 68.3 Å². The fraction of sp³-hybridized carbons (Fsp3) is 0.235. The predicted molar refractivity (Wildman–Crippen MR) is 89.3 cm³/mol. The third kappa shape index (κ3) is 3.60. The lowest BCUT2D eigenvalue weighted by Crippen LogP contribution is -2.25. The fourth-order valence-electron chi connectivity index (χ4n) is 2.53. The van der Waals surface area contributed by atoms with Gasteiger partial charge >= 0.3 is 0 Å².